The highest BCUT2D eigenvalue weighted by Gasteiger charge is 2.29. The van der Waals surface area contributed by atoms with Crippen LogP contribution in [0.1, 0.15) is 43.9 Å². The number of aryl methyl sites for hydroxylation is 2. The number of amides is 2. The van der Waals surface area contributed by atoms with Gasteiger partial charge in [-0.3, -0.25) is 9.59 Å². The molecule has 5 nitrogen and oxygen atoms in total. The van der Waals surface area contributed by atoms with Gasteiger partial charge in [0.15, 0.2) is 6.61 Å². The molecular formula is C25H33ClN2O3. The Morgan fingerprint density at radius 1 is 1.10 bits per heavy atom. The van der Waals surface area contributed by atoms with E-state index in [9.17, 15) is 9.59 Å². The van der Waals surface area contributed by atoms with E-state index in [1.807, 2.05) is 77.1 Å². The van der Waals surface area contributed by atoms with Crippen molar-refractivity contribution in [2.75, 3.05) is 13.2 Å². The molecule has 0 radical (unpaired) electrons. The van der Waals surface area contributed by atoms with Gasteiger partial charge in [0.2, 0.25) is 5.91 Å². The normalized spacial score (nSPS) is 11.8. The van der Waals surface area contributed by atoms with Gasteiger partial charge in [-0.1, -0.05) is 62.7 Å². The van der Waals surface area contributed by atoms with E-state index < -0.39 is 6.04 Å². The highest BCUT2D eigenvalue weighted by atomic mass is 35.5. The number of nitrogens with zero attached hydrogens (tertiary/aromatic N) is 1. The molecule has 0 aliphatic carbocycles. The number of benzene rings is 2. The van der Waals surface area contributed by atoms with Crippen LogP contribution in [0.5, 0.6) is 5.75 Å². The zero-order valence-corrected chi connectivity index (χ0v) is 19.8. The van der Waals surface area contributed by atoms with Gasteiger partial charge in [-0.05, 0) is 55.0 Å². The van der Waals surface area contributed by atoms with E-state index in [1.54, 1.807) is 4.90 Å². The van der Waals surface area contributed by atoms with Crippen LogP contribution in [0.15, 0.2) is 42.5 Å². The molecule has 2 aromatic rings. The number of ether oxygens (including phenoxy) is 1. The lowest BCUT2D eigenvalue weighted by molar-refractivity contribution is -0.143. The summed E-state index contributed by atoms with van der Waals surface area (Å²) in [7, 11) is 0. The van der Waals surface area contributed by atoms with Crippen LogP contribution in [0, 0.1) is 19.8 Å². The van der Waals surface area contributed by atoms with Gasteiger partial charge in [0.05, 0.1) is 0 Å². The molecule has 6 heteroatoms. The maximum atomic E-state index is 13.2. The number of carbonyl (C=O) groups is 2. The van der Waals surface area contributed by atoms with Gasteiger partial charge in [0.25, 0.3) is 5.91 Å². The maximum absolute atomic E-state index is 13.2. The average Bonchev–Trinajstić information content (AvgIpc) is 2.74. The smallest absolute Gasteiger partial charge is 0.261 e. The molecule has 168 valence electrons. The van der Waals surface area contributed by atoms with Crippen molar-refractivity contribution in [1.29, 1.82) is 0 Å². The summed E-state index contributed by atoms with van der Waals surface area (Å²) in [5, 5.41) is 3.65. The number of halogens is 1. The monoisotopic (exact) mass is 444 g/mol. The van der Waals surface area contributed by atoms with Crippen molar-refractivity contribution in [2.45, 2.75) is 53.6 Å². The SMILES string of the molecule is CC[C@@H](C(=O)NCC(C)C)N(Cc1ccccc1)C(=O)COc1cc(C)c(Cl)c(C)c1. The summed E-state index contributed by atoms with van der Waals surface area (Å²) in [4.78, 5) is 27.7. The topological polar surface area (TPSA) is 58.6 Å². The van der Waals surface area contributed by atoms with Crippen molar-refractivity contribution in [3.05, 3.63) is 64.2 Å². The van der Waals surface area contributed by atoms with E-state index in [0.717, 1.165) is 16.7 Å². The molecule has 31 heavy (non-hydrogen) atoms. The van der Waals surface area contributed by atoms with Crippen LogP contribution >= 0.6 is 11.6 Å². The molecule has 0 saturated heterocycles. The minimum Gasteiger partial charge on any atom is -0.484 e. The highest BCUT2D eigenvalue weighted by molar-refractivity contribution is 6.32. The second-order valence-electron chi connectivity index (χ2n) is 8.23. The van der Waals surface area contributed by atoms with Crippen molar-refractivity contribution in [2.24, 2.45) is 5.92 Å². The Hall–Kier alpha value is -2.53. The molecule has 0 aromatic heterocycles. The maximum Gasteiger partial charge on any atom is 0.261 e. The lowest BCUT2D eigenvalue weighted by Crippen LogP contribution is -2.50. The van der Waals surface area contributed by atoms with E-state index in [2.05, 4.69) is 5.32 Å². The van der Waals surface area contributed by atoms with E-state index in [4.69, 9.17) is 16.3 Å². The first-order valence-electron chi connectivity index (χ1n) is 10.7. The molecule has 1 atom stereocenters. The van der Waals surface area contributed by atoms with Crippen molar-refractivity contribution >= 4 is 23.4 Å². The molecule has 0 unspecified atom stereocenters. The largest absolute Gasteiger partial charge is 0.484 e. The van der Waals surface area contributed by atoms with Crippen molar-refractivity contribution in [1.82, 2.24) is 10.2 Å². The summed E-state index contributed by atoms with van der Waals surface area (Å²) < 4.78 is 5.79. The third-order valence-electron chi connectivity index (χ3n) is 5.04. The molecule has 1 N–H and O–H groups in total. The molecule has 0 fully saturated rings. The van der Waals surface area contributed by atoms with Gasteiger partial charge in [0, 0.05) is 18.1 Å². The highest BCUT2D eigenvalue weighted by Crippen LogP contribution is 2.26. The van der Waals surface area contributed by atoms with Crippen LogP contribution in [-0.4, -0.2) is 35.9 Å². The van der Waals surface area contributed by atoms with Gasteiger partial charge in [0.1, 0.15) is 11.8 Å². The lowest BCUT2D eigenvalue weighted by Gasteiger charge is -2.30. The Labute approximate surface area is 190 Å². The Bertz CT molecular complexity index is 861. The van der Waals surface area contributed by atoms with Gasteiger partial charge in [-0.2, -0.15) is 0 Å². The van der Waals surface area contributed by atoms with Crippen molar-refractivity contribution < 1.29 is 14.3 Å². The first-order valence-corrected chi connectivity index (χ1v) is 11.1. The summed E-state index contributed by atoms with van der Waals surface area (Å²) in [5.41, 5.74) is 2.75. The van der Waals surface area contributed by atoms with Gasteiger partial charge >= 0.3 is 0 Å². The van der Waals surface area contributed by atoms with Crippen LogP contribution < -0.4 is 10.1 Å². The van der Waals surface area contributed by atoms with Crippen LogP contribution in [0.25, 0.3) is 0 Å². The zero-order chi connectivity index (χ0) is 23.0. The number of hydrogen-bond acceptors (Lipinski definition) is 3. The van der Waals surface area contributed by atoms with Crippen LogP contribution in [0.4, 0.5) is 0 Å². The average molecular weight is 445 g/mol. The van der Waals surface area contributed by atoms with E-state index in [-0.39, 0.29) is 18.4 Å². The molecule has 2 rings (SSSR count). The lowest BCUT2D eigenvalue weighted by atomic mass is 10.1. The van der Waals surface area contributed by atoms with E-state index in [0.29, 0.717) is 36.2 Å². The minimum absolute atomic E-state index is 0.140. The quantitative estimate of drug-likeness (QED) is 0.566. The third kappa shape index (κ3) is 7.28. The Morgan fingerprint density at radius 2 is 1.71 bits per heavy atom. The van der Waals surface area contributed by atoms with E-state index >= 15 is 0 Å². The second-order valence-corrected chi connectivity index (χ2v) is 8.61. The summed E-state index contributed by atoms with van der Waals surface area (Å²) in [6.45, 7) is 10.6. The first kappa shape index (κ1) is 24.7. The molecule has 0 aliphatic rings. The van der Waals surface area contributed by atoms with Crippen LogP contribution in [-0.2, 0) is 16.1 Å². The fourth-order valence-corrected chi connectivity index (χ4v) is 3.45. The Kier molecular flexibility index (Phi) is 9.38. The molecule has 0 saturated carbocycles. The summed E-state index contributed by atoms with van der Waals surface area (Å²) in [6, 6.07) is 12.7. The Balaban J connectivity index is 2.19. The van der Waals surface area contributed by atoms with Crippen molar-refractivity contribution in [3.8, 4) is 5.75 Å². The molecule has 0 spiro atoms. The predicted molar refractivity (Wildman–Crippen MR) is 125 cm³/mol. The fourth-order valence-electron chi connectivity index (χ4n) is 3.34. The fraction of sp³-hybridized carbons (Fsp3) is 0.440. The summed E-state index contributed by atoms with van der Waals surface area (Å²) in [5.74, 6) is 0.545. The predicted octanol–water partition coefficient (Wildman–Crippen LogP) is 4.92. The standard InChI is InChI=1S/C25H33ClN2O3/c1-6-22(25(30)27-14-17(2)3)28(15-20-10-8-7-9-11-20)23(29)16-31-21-12-18(4)24(26)19(5)13-21/h7-13,17,22H,6,14-16H2,1-5H3,(H,27,30)/t22-/m0/s1. The number of carbonyl (C=O) groups excluding carboxylic acids is 2. The van der Waals surface area contributed by atoms with Crippen molar-refractivity contribution in [3.63, 3.8) is 0 Å². The number of hydrogen-bond donors (Lipinski definition) is 1. The Morgan fingerprint density at radius 3 is 2.26 bits per heavy atom. The molecule has 2 amide bonds. The van der Waals surface area contributed by atoms with Crippen LogP contribution in [0.3, 0.4) is 0 Å². The molecule has 0 bridgehead atoms. The molecule has 2 aromatic carbocycles. The number of nitrogens with one attached hydrogen (secondary N) is 1. The number of rotatable bonds is 10. The molecule has 0 aliphatic heterocycles. The summed E-state index contributed by atoms with van der Waals surface area (Å²) in [6.07, 6.45) is 0.516. The first-order chi connectivity index (χ1) is 14.7. The van der Waals surface area contributed by atoms with Gasteiger partial charge in [-0.15, -0.1) is 0 Å². The third-order valence-corrected chi connectivity index (χ3v) is 5.63. The summed E-state index contributed by atoms with van der Waals surface area (Å²) >= 11 is 6.22. The zero-order valence-electron chi connectivity index (χ0n) is 19.1. The molecule has 0 heterocycles. The molecular weight excluding hydrogens is 412 g/mol. The van der Waals surface area contributed by atoms with Gasteiger partial charge in [-0.25, -0.2) is 0 Å². The minimum atomic E-state index is -0.566. The van der Waals surface area contributed by atoms with Crippen LogP contribution in [0.2, 0.25) is 5.02 Å². The van der Waals surface area contributed by atoms with Gasteiger partial charge < -0.3 is 15.0 Å². The van der Waals surface area contributed by atoms with E-state index in [1.165, 1.54) is 0 Å². The second kappa shape index (κ2) is 11.8.